The van der Waals surface area contributed by atoms with Crippen LogP contribution in [-0.4, -0.2) is 34.1 Å². The van der Waals surface area contributed by atoms with Gasteiger partial charge in [-0.3, -0.25) is 0 Å². The molecule has 1 saturated carbocycles. The average Bonchev–Trinajstić information content (AvgIpc) is 3.11. The number of amidine groups is 1. The molecule has 0 radical (unpaired) electrons. The Bertz CT molecular complexity index is 371. The summed E-state index contributed by atoms with van der Waals surface area (Å²) in [6, 6.07) is 0.592. The van der Waals surface area contributed by atoms with Crippen molar-refractivity contribution in [2.75, 3.05) is 11.9 Å². The van der Waals surface area contributed by atoms with E-state index in [1.807, 2.05) is 7.05 Å². The van der Waals surface area contributed by atoms with Gasteiger partial charge in [-0.15, -0.1) is 0 Å². The maximum Gasteiger partial charge on any atom is 0.190 e. The second-order valence-electron chi connectivity index (χ2n) is 3.59. The Labute approximate surface area is 87.4 Å². The summed E-state index contributed by atoms with van der Waals surface area (Å²) in [4.78, 5) is 10.3. The molecule has 1 aliphatic carbocycles. The number of nitrogens with zero attached hydrogens (tertiary/aromatic N) is 4. The lowest BCUT2D eigenvalue weighted by Gasteiger charge is -2.16. The second-order valence-corrected chi connectivity index (χ2v) is 3.59. The van der Waals surface area contributed by atoms with Crippen molar-refractivity contribution >= 4 is 11.7 Å². The third-order valence-corrected chi connectivity index (χ3v) is 2.46. The molecule has 1 heterocycles. The van der Waals surface area contributed by atoms with Crippen LogP contribution in [0.15, 0.2) is 17.5 Å². The van der Waals surface area contributed by atoms with Crippen LogP contribution in [0, 0.1) is 0 Å². The Balaban J connectivity index is 2.16. The van der Waals surface area contributed by atoms with Gasteiger partial charge in [-0.2, -0.15) is 0 Å². The molecule has 0 atom stereocenters. The van der Waals surface area contributed by atoms with Gasteiger partial charge in [-0.25, -0.2) is 9.97 Å². The molecule has 0 unspecified atom stereocenters. The van der Waals surface area contributed by atoms with Gasteiger partial charge in [-0.05, 0) is 12.8 Å². The van der Waals surface area contributed by atoms with Crippen molar-refractivity contribution < 1.29 is 5.21 Å². The second kappa shape index (κ2) is 3.72. The van der Waals surface area contributed by atoms with Gasteiger partial charge in [0.25, 0.3) is 0 Å². The minimum absolute atomic E-state index is 0.0249. The van der Waals surface area contributed by atoms with Crippen LogP contribution >= 0.6 is 0 Å². The Kier molecular flexibility index (Phi) is 2.40. The molecule has 1 fully saturated rings. The molecule has 3 N–H and O–H groups in total. The quantitative estimate of drug-likeness (QED) is 0.319. The van der Waals surface area contributed by atoms with E-state index in [1.54, 1.807) is 6.20 Å². The number of anilines is 1. The molecule has 0 aromatic carbocycles. The lowest BCUT2D eigenvalue weighted by molar-refractivity contribution is 0.318. The number of aromatic nitrogens is 2. The molecule has 6 nitrogen and oxygen atoms in total. The first-order valence-corrected chi connectivity index (χ1v) is 4.75. The first-order chi connectivity index (χ1) is 7.22. The van der Waals surface area contributed by atoms with Gasteiger partial charge >= 0.3 is 0 Å². The zero-order chi connectivity index (χ0) is 10.8. The van der Waals surface area contributed by atoms with Gasteiger partial charge in [0.2, 0.25) is 0 Å². The fraction of sp³-hybridized carbons (Fsp3) is 0.444. The molecule has 0 spiro atoms. The van der Waals surface area contributed by atoms with Crippen molar-refractivity contribution in [3.8, 4) is 0 Å². The van der Waals surface area contributed by atoms with Gasteiger partial charge < -0.3 is 15.8 Å². The summed E-state index contributed by atoms with van der Waals surface area (Å²) in [6.45, 7) is 0. The van der Waals surface area contributed by atoms with Crippen LogP contribution in [0.1, 0.15) is 18.5 Å². The topological polar surface area (TPSA) is 87.6 Å². The highest BCUT2D eigenvalue weighted by molar-refractivity contribution is 5.94. The van der Waals surface area contributed by atoms with Gasteiger partial charge in [0.05, 0.1) is 12.4 Å². The third kappa shape index (κ3) is 1.98. The molecule has 1 aliphatic rings. The molecule has 1 aromatic heterocycles. The largest absolute Gasteiger partial charge is 0.409 e. The molecule has 6 heteroatoms. The van der Waals surface area contributed by atoms with Crippen LogP contribution in [0.25, 0.3) is 0 Å². The number of hydrogen-bond acceptors (Lipinski definition) is 5. The Morgan fingerprint density at radius 1 is 1.53 bits per heavy atom. The van der Waals surface area contributed by atoms with E-state index in [1.165, 1.54) is 19.0 Å². The number of hydrogen-bond donors (Lipinski definition) is 2. The molecule has 0 aliphatic heterocycles. The summed E-state index contributed by atoms with van der Waals surface area (Å²) in [7, 11) is 1.99. The molecular formula is C9H13N5O. The van der Waals surface area contributed by atoms with Crippen molar-refractivity contribution in [2.24, 2.45) is 10.9 Å². The molecule has 0 saturated heterocycles. The normalized spacial score (nSPS) is 16.5. The summed E-state index contributed by atoms with van der Waals surface area (Å²) >= 11 is 0. The number of rotatable bonds is 3. The molecule has 2 rings (SSSR count). The molecule has 0 amide bonds. The summed E-state index contributed by atoms with van der Waals surface area (Å²) in [5.74, 6) is 0.787. The van der Waals surface area contributed by atoms with Crippen molar-refractivity contribution in [2.45, 2.75) is 18.9 Å². The summed E-state index contributed by atoms with van der Waals surface area (Å²) in [6.07, 6.45) is 5.55. The van der Waals surface area contributed by atoms with E-state index < -0.39 is 0 Å². The van der Waals surface area contributed by atoms with Crippen LogP contribution < -0.4 is 10.6 Å². The van der Waals surface area contributed by atoms with Crippen LogP contribution in [0.4, 0.5) is 5.82 Å². The lowest BCUT2D eigenvalue weighted by Crippen LogP contribution is -2.22. The highest BCUT2D eigenvalue weighted by Gasteiger charge is 2.27. The molecule has 1 aromatic rings. The Hall–Kier alpha value is -1.85. The first kappa shape index (κ1) is 9.70. The smallest absolute Gasteiger partial charge is 0.190 e. The van der Waals surface area contributed by atoms with Crippen molar-refractivity contribution in [3.63, 3.8) is 0 Å². The maximum atomic E-state index is 8.45. The minimum atomic E-state index is -0.0249. The summed E-state index contributed by atoms with van der Waals surface area (Å²) in [5, 5.41) is 11.3. The van der Waals surface area contributed by atoms with Crippen LogP contribution in [-0.2, 0) is 0 Å². The highest BCUT2D eigenvalue weighted by Crippen LogP contribution is 2.28. The van der Waals surface area contributed by atoms with E-state index in [9.17, 15) is 0 Å². The van der Waals surface area contributed by atoms with E-state index in [0.717, 1.165) is 5.82 Å². The van der Waals surface area contributed by atoms with Gasteiger partial charge in [0.1, 0.15) is 11.5 Å². The monoisotopic (exact) mass is 207 g/mol. The van der Waals surface area contributed by atoms with Crippen LogP contribution in [0.5, 0.6) is 0 Å². The Morgan fingerprint density at radius 3 is 2.73 bits per heavy atom. The molecular weight excluding hydrogens is 194 g/mol. The van der Waals surface area contributed by atoms with Crippen LogP contribution in [0.2, 0.25) is 0 Å². The molecule has 15 heavy (non-hydrogen) atoms. The molecule has 80 valence electrons. The SMILES string of the molecule is CN(c1cnc(C(N)=NO)cn1)C1CC1. The predicted molar refractivity (Wildman–Crippen MR) is 56.0 cm³/mol. The first-order valence-electron chi connectivity index (χ1n) is 4.75. The minimum Gasteiger partial charge on any atom is -0.409 e. The lowest BCUT2D eigenvalue weighted by atomic mass is 10.4. The van der Waals surface area contributed by atoms with Gasteiger partial charge in [0, 0.05) is 13.1 Å². The number of oxime groups is 1. The Morgan fingerprint density at radius 2 is 2.27 bits per heavy atom. The standard InChI is InChI=1S/C9H13N5O/c1-14(6-2-3-6)8-5-11-7(4-12-8)9(10)13-15/h4-6,15H,2-3H2,1H3,(H2,10,13). The zero-order valence-corrected chi connectivity index (χ0v) is 8.46. The van der Waals surface area contributed by atoms with E-state index in [0.29, 0.717) is 11.7 Å². The predicted octanol–water partition coefficient (Wildman–Crippen LogP) is 0.170. The van der Waals surface area contributed by atoms with Crippen molar-refractivity contribution in [1.82, 2.24) is 9.97 Å². The van der Waals surface area contributed by atoms with Gasteiger partial charge in [0.15, 0.2) is 5.84 Å². The van der Waals surface area contributed by atoms with Crippen molar-refractivity contribution in [3.05, 3.63) is 18.1 Å². The maximum absolute atomic E-state index is 8.45. The highest BCUT2D eigenvalue weighted by atomic mass is 16.4. The zero-order valence-electron chi connectivity index (χ0n) is 8.46. The fourth-order valence-corrected chi connectivity index (χ4v) is 1.34. The van der Waals surface area contributed by atoms with E-state index in [4.69, 9.17) is 10.9 Å². The van der Waals surface area contributed by atoms with E-state index in [2.05, 4.69) is 20.0 Å². The van der Waals surface area contributed by atoms with Gasteiger partial charge in [-0.1, -0.05) is 5.16 Å². The fourth-order valence-electron chi connectivity index (χ4n) is 1.34. The van der Waals surface area contributed by atoms with Crippen LogP contribution in [0.3, 0.4) is 0 Å². The molecule has 0 bridgehead atoms. The average molecular weight is 207 g/mol. The number of nitrogens with two attached hydrogens (primary N) is 1. The van der Waals surface area contributed by atoms with E-state index >= 15 is 0 Å². The summed E-state index contributed by atoms with van der Waals surface area (Å²) < 4.78 is 0. The van der Waals surface area contributed by atoms with E-state index in [-0.39, 0.29) is 5.84 Å². The van der Waals surface area contributed by atoms with Crippen molar-refractivity contribution in [1.29, 1.82) is 0 Å². The summed E-state index contributed by atoms with van der Waals surface area (Å²) in [5.41, 5.74) is 5.76. The third-order valence-electron chi connectivity index (χ3n) is 2.46.